The molecule has 28 heavy (non-hydrogen) atoms. The van der Waals surface area contributed by atoms with Gasteiger partial charge in [-0.1, -0.05) is 43.6 Å². The van der Waals surface area contributed by atoms with Crippen LogP contribution < -0.4 is 5.32 Å². The molecular formula is C20H25ClN2O3S2. The molecule has 8 heteroatoms. The van der Waals surface area contributed by atoms with Gasteiger partial charge in [0.1, 0.15) is 4.21 Å². The Kier molecular flexibility index (Phi) is 6.81. The number of carbonyl (C=O) groups is 1. The molecule has 1 atom stereocenters. The minimum Gasteiger partial charge on any atom is -0.326 e. The lowest BCUT2D eigenvalue weighted by atomic mass is 9.85. The highest BCUT2D eigenvalue weighted by atomic mass is 35.5. The van der Waals surface area contributed by atoms with Crippen molar-refractivity contribution in [2.24, 2.45) is 11.8 Å². The fraction of sp³-hybridized carbons (Fsp3) is 0.450. The van der Waals surface area contributed by atoms with E-state index in [4.69, 9.17) is 11.6 Å². The molecule has 1 aliphatic rings. The molecule has 1 aromatic heterocycles. The first-order chi connectivity index (χ1) is 13.3. The zero-order valence-electron chi connectivity index (χ0n) is 16.0. The molecule has 0 unspecified atom stereocenters. The molecule has 5 nitrogen and oxygen atoms in total. The maximum atomic E-state index is 12.7. The number of nitrogens with zero attached hydrogens (tertiary/aromatic N) is 1. The molecular weight excluding hydrogens is 416 g/mol. The van der Waals surface area contributed by atoms with E-state index in [1.165, 1.54) is 4.31 Å². The largest absolute Gasteiger partial charge is 0.326 e. The third kappa shape index (κ3) is 4.59. The highest BCUT2D eigenvalue weighted by Crippen LogP contribution is 2.32. The third-order valence-corrected chi connectivity index (χ3v) is 9.02. The van der Waals surface area contributed by atoms with Crippen molar-refractivity contribution in [2.75, 3.05) is 18.4 Å². The average Bonchev–Trinajstić information content (AvgIpc) is 3.15. The van der Waals surface area contributed by atoms with Crippen molar-refractivity contribution < 1.29 is 13.2 Å². The Hall–Kier alpha value is -1.41. The van der Waals surface area contributed by atoms with Crippen molar-refractivity contribution >= 4 is 44.6 Å². The Labute approximate surface area is 175 Å². The van der Waals surface area contributed by atoms with Crippen LogP contribution in [0.25, 0.3) is 0 Å². The molecule has 2 heterocycles. The number of sulfonamides is 1. The third-order valence-electron chi connectivity index (χ3n) is 5.42. The minimum atomic E-state index is -3.50. The first kappa shape index (κ1) is 21.3. The van der Waals surface area contributed by atoms with Crippen LogP contribution in [-0.2, 0) is 21.2 Å². The van der Waals surface area contributed by atoms with Crippen LogP contribution in [-0.4, -0.2) is 31.7 Å². The van der Waals surface area contributed by atoms with Gasteiger partial charge < -0.3 is 5.32 Å². The minimum absolute atomic E-state index is 0.00718. The molecule has 0 saturated carbocycles. The summed E-state index contributed by atoms with van der Waals surface area (Å²) in [4.78, 5) is 12.7. The highest BCUT2D eigenvalue weighted by Gasteiger charge is 2.34. The number of halogens is 1. The van der Waals surface area contributed by atoms with Crippen molar-refractivity contribution in [1.82, 2.24) is 4.31 Å². The van der Waals surface area contributed by atoms with E-state index < -0.39 is 10.0 Å². The molecule has 0 radical (unpaired) electrons. The van der Waals surface area contributed by atoms with Crippen LogP contribution in [0.3, 0.4) is 0 Å². The number of hydrogen-bond donors (Lipinski definition) is 1. The van der Waals surface area contributed by atoms with E-state index in [0.29, 0.717) is 30.3 Å². The van der Waals surface area contributed by atoms with E-state index in [-0.39, 0.29) is 22.0 Å². The normalized spacial score (nSPS) is 17.4. The van der Waals surface area contributed by atoms with Gasteiger partial charge >= 0.3 is 0 Å². The summed E-state index contributed by atoms with van der Waals surface area (Å²) in [6.07, 6.45) is 2.19. The summed E-state index contributed by atoms with van der Waals surface area (Å²) < 4.78 is 27.7. The summed E-state index contributed by atoms with van der Waals surface area (Å²) in [6.45, 7) is 4.83. The Bertz CT molecular complexity index is 934. The number of benzene rings is 1. The summed E-state index contributed by atoms with van der Waals surface area (Å²) >= 11 is 6.96. The molecule has 1 saturated heterocycles. The lowest BCUT2D eigenvalue weighted by Gasteiger charge is -2.33. The number of amides is 1. The van der Waals surface area contributed by atoms with Gasteiger partial charge in [0.05, 0.1) is 4.34 Å². The number of thiophene rings is 1. The van der Waals surface area contributed by atoms with E-state index >= 15 is 0 Å². The molecule has 1 aromatic carbocycles. The molecule has 1 aliphatic heterocycles. The fourth-order valence-electron chi connectivity index (χ4n) is 3.59. The van der Waals surface area contributed by atoms with Crippen LogP contribution in [0, 0.1) is 11.8 Å². The molecule has 1 N–H and O–H groups in total. The fourth-order valence-corrected chi connectivity index (χ4v) is 6.70. The lowest BCUT2D eigenvalue weighted by molar-refractivity contribution is -0.121. The summed E-state index contributed by atoms with van der Waals surface area (Å²) in [5, 5.41) is 3.04. The maximum Gasteiger partial charge on any atom is 0.252 e. The zero-order chi connectivity index (χ0) is 20.3. The van der Waals surface area contributed by atoms with E-state index in [2.05, 4.69) is 12.2 Å². The number of aryl methyl sites for hydroxylation is 1. The summed E-state index contributed by atoms with van der Waals surface area (Å²) in [5.41, 5.74) is 1.97. The molecule has 2 aromatic rings. The summed E-state index contributed by atoms with van der Waals surface area (Å²) in [7, 11) is -3.50. The molecule has 0 bridgehead atoms. The molecule has 0 aliphatic carbocycles. The van der Waals surface area contributed by atoms with Gasteiger partial charge in [-0.3, -0.25) is 4.79 Å². The average molecular weight is 441 g/mol. The number of anilines is 1. The van der Waals surface area contributed by atoms with Crippen LogP contribution in [0.15, 0.2) is 40.6 Å². The Morgan fingerprint density at radius 1 is 1.25 bits per heavy atom. The molecule has 3 rings (SSSR count). The van der Waals surface area contributed by atoms with E-state index in [1.54, 1.807) is 12.1 Å². The van der Waals surface area contributed by atoms with E-state index in [1.807, 2.05) is 31.2 Å². The van der Waals surface area contributed by atoms with Crippen molar-refractivity contribution in [2.45, 2.75) is 37.3 Å². The van der Waals surface area contributed by atoms with E-state index in [0.717, 1.165) is 29.0 Å². The zero-order valence-corrected chi connectivity index (χ0v) is 18.4. The second-order valence-corrected chi connectivity index (χ2v) is 11.0. The van der Waals surface area contributed by atoms with Crippen LogP contribution in [0.4, 0.5) is 5.69 Å². The first-order valence-corrected chi connectivity index (χ1v) is 12.1. The first-order valence-electron chi connectivity index (χ1n) is 9.47. The van der Waals surface area contributed by atoms with Gasteiger partial charge in [-0.05, 0) is 48.9 Å². The Morgan fingerprint density at radius 2 is 1.93 bits per heavy atom. The molecule has 1 fully saturated rings. The van der Waals surface area contributed by atoms with Gasteiger partial charge in [0, 0.05) is 24.7 Å². The number of nitrogens with one attached hydrogen (secondary N) is 1. The van der Waals surface area contributed by atoms with Crippen molar-refractivity contribution in [1.29, 1.82) is 0 Å². The number of rotatable bonds is 6. The summed E-state index contributed by atoms with van der Waals surface area (Å²) in [5.74, 6) is -0.0228. The van der Waals surface area contributed by atoms with Crippen molar-refractivity contribution in [3.63, 3.8) is 0 Å². The smallest absolute Gasteiger partial charge is 0.252 e. The van der Waals surface area contributed by atoms with Crippen LogP contribution in [0.2, 0.25) is 4.34 Å². The van der Waals surface area contributed by atoms with Crippen LogP contribution in [0.1, 0.15) is 32.3 Å². The summed E-state index contributed by atoms with van der Waals surface area (Å²) in [6, 6.07) is 11.0. The quantitative estimate of drug-likeness (QED) is 0.711. The second-order valence-electron chi connectivity index (χ2n) is 7.09. The highest BCUT2D eigenvalue weighted by molar-refractivity contribution is 7.91. The number of hydrogen-bond acceptors (Lipinski definition) is 4. The standard InChI is InChI=1S/C20H25ClN2O3S2/c1-3-15-6-4-5-7-17(15)22-20(24)14(2)16-10-12-23(13-11-16)28(25,26)19-9-8-18(21)27-19/h4-9,14,16H,3,10-13H2,1-2H3,(H,22,24)/t14-/m0/s1. The molecule has 0 spiro atoms. The number of carbonyl (C=O) groups excluding carboxylic acids is 1. The van der Waals surface area contributed by atoms with E-state index in [9.17, 15) is 13.2 Å². The van der Waals surface area contributed by atoms with Gasteiger partial charge in [-0.25, -0.2) is 8.42 Å². The SMILES string of the molecule is CCc1ccccc1NC(=O)[C@@H](C)C1CCN(S(=O)(=O)c2ccc(Cl)s2)CC1. The topological polar surface area (TPSA) is 66.5 Å². The van der Waals surface area contributed by atoms with Crippen LogP contribution >= 0.6 is 22.9 Å². The Morgan fingerprint density at radius 3 is 2.54 bits per heavy atom. The van der Waals surface area contributed by atoms with Gasteiger partial charge in [0.15, 0.2) is 0 Å². The van der Waals surface area contributed by atoms with Crippen molar-refractivity contribution in [3.05, 3.63) is 46.3 Å². The van der Waals surface area contributed by atoms with Crippen LogP contribution in [0.5, 0.6) is 0 Å². The predicted molar refractivity (Wildman–Crippen MR) is 114 cm³/mol. The van der Waals surface area contributed by atoms with Gasteiger partial charge in [-0.15, -0.1) is 11.3 Å². The predicted octanol–water partition coefficient (Wildman–Crippen LogP) is 4.64. The molecule has 152 valence electrons. The lowest BCUT2D eigenvalue weighted by Crippen LogP contribution is -2.41. The maximum absolute atomic E-state index is 12.7. The van der Waals surface area contributed by atoms with Crippen molar-refractivity contribution in [3.8, 4) is 0 Å². The monoisotopic (exact) mass is 440 g/mol. The number of para-hydroxylation sites is 1. The number of piperidine rings is 1. The molecule has 1 amide bonds. The van der Waals surface area contributed by atoms with Gasteiger partial charge in [-0.2, -0.15) is 4.31 Å². The van der Waals surface area contributed by atoms with Gasteiger partial charge in [0.2, 0.25) is 5.91 Å². The second kappa shape index (κ2) is 8.95. The van der Waals surface area contributed by atoms with Gasteiger partial charge in [0.25, 0.3) is 10.0 Å². The Balaban J connectivity index is 1.60.